The van der Waals surface area contributed by atoms with E-state index in [-0.39, 0.29) is 5.69 Å². The number of nitrogens with one attached hydrogen (secondary N) is 2. The predicted octanol–water partition coefficient (Wildman–Crippen LogP) is 3.16. The van der Waals surface area contributed by atoms with Crippen LogP contribution in [0, 0.1) is 6.85 Å². The van der Waals surface area contributed by atoms with Crippen LogP contribution in [-0.2, 0) is 0 Å². The zero-order chi connectivity index (χ0) is 21.9. The molecule has 6 rings (SSSR count). The molecule has 0 unspecified atom stereocenters. The summed E-state index contributed by atoms with van der Waals surface area (Å²) in [6.45, 7) is 1.32. The molecule has 7 nitrogen and oxygen atoms in total. The minimum Gasteiger partial charge on any atom is -0.353 e. The molecule has 0 spiro atoms. The number of H-pyrrole nitrogens is 1. The summed E-state index contributed by atoms with van der Waals surface area (Å²) in [5, 5.41) is 5.20. The van der Waals surface area contributed by atoms with Gasteiger partial charge in [0.05, 0.1) is 11.7 Å². The SMILES string of the molecule is [2H]C([2H])([2H])c1cc2c(-c3nc(N4CCNCC4)c4c(C5CC5)cncc4n3)ccnc2[nH]1. The van der Waals surface area contributed by atoms with Crippen molar-refractivity contribution in [3.05, 3.63) is 42.0 Å². The maximum absolute atomic E-state index is 7.75. The Morgan fingerprint density at radius 1 is 1.17 bits per heavy atom. The topological polar surface area (TPSA) is 82.6 Å². The molecule has 1 saturated heterocycles. The van der Waals surface area contributed by atoms with Crippen LogP contribution in [0.2, 0.25) is 0 Å². The van der Waals surface area contributed by atoms with Crippen LogP contribution >= 0.6 is 0 Å². The van der Waals surface area contributed by atoms with Crippen molar-refractivity contribution in [2.75, 3.05) is 31.1 Å². The van der Waals surface area contributed by atoms with E-state index in [4.69, 9.17) is 14.1 Å². The zero-order valence-corrected chi connectivity index (χ0v) is 15.9. The monoisotopic (exact) mass is 388 g/mol. The van der Waals surface area contributed by atoms with E-state index in [1.807, 2.05) is 18.5 Å². The first-order valence-electron chi connectivity index (χ1n) is 11.6. The van der Waals surface area contributed by atoms with Crippen molar-refractivity contribution < 1.29 is 4.11 Å². The van der Waals surface area contributed by atoms with E-state index in [0.717, 1.165) is 48.5 Å². The number of anilines is 1. The third-order valence-electron chi connectivity index (χ3n) is 5.82. The summed E-state index contributed by atoms with van der Waals surface area (Å²) in [7, 11) is 0. The zero-order valence-electron chi connectivity index (χ0n) is 18.9. The lowest BCUT2D eigenvalue weighted by molar-refractivity contribution is 0.586. The molecule has 0 bridgehead atoms. The van der Waals surface area contributed by atoms with E-state index in [1.165, 1.54) is 18.4 Å². The summed E-state index contributed by atoms with van der Waals surface area (Å²) in [6, 6.07) is 3.49. The van der Waals surface area contributed by atoms with Crippen LogP contribution in [0.1, 0.15) is 34.1 Å². The standard InChI is InChI=1S/C22H23N7/c1-13-10-16-15(4-5-25-20(16)26-13)21-27-18-12-24-11-17(14-2-3-14)19(18)22(28-21)29-8-6-23-7-9-29/h4-5,10-12,14,23H,2-3,6-9H2,1H3,(H,25,26)/i1D3. The first-order valence-corrected chi connectivity index (χ1v) is 10.1. The molecule has 2 aliphatic rings. The number of rotatable bonds is 3. The van der Waals surface area contributed by atoms with Crippen molar-refractivity contribution in [2.45, 2.75) is 25.6 Å². The van der Waals surface area contributed by atoms with Gasteiger partial charge in [-0.25, -0.2) is 15.0 Å². The molecule has 0 atom stereocenters. The highest BCUT2D eigenvalue weighted by Gasteiger charge is 2.29. The number of nitrogens with zero attached hydrogens (tertiary/aromatic N) is 5. The summed E-state index contributed by atoms with van der Waals surface area (Å²) in [5.41, 5.74) is 3.49. The Kier molecular flexibility index (Phi) is 3.13. The Balaban J connectivity index is 1.58. The van der Waals surface area contributed by atoms with Gasteiger partial charge in [0.25, 0.3) is 0 Å². The van der Waals surface area contributed by atoms with Crippen LogP contribution in [0.15, 0.2) is 30.7 Å². The predicted molar refractivity (Wildman–Crippen MR) is 114 cm³/mol. The Morgan fingerprint density at radius 3 is 2.90 bits per heavy atom. The lowest BCUT2D eigenvalue weighted by atomic mass is 10.1. The number of hydrogen-bond acceptors (Lipinski definition) is 6. The largest absolute Gasteiger partial charge is 0.353 e. The van der Waals surface area contributed by atoms with E-state index < -0.39 is 6.85 Å². The molecule has 1 saturated carbocycles. The summed E-state index contributed by atoms with van der Waals surface area (Å²) in [5.74, 6) is 2.03. The second-order valence-corrected chi connectivity index (χ2v) is 7.81. The van der Waals surface area contributed by atoms with Crippen LogP contribution < -0.4 is 10.2 Å². The Hall–Kier alpha value is -3.06. The van der Waals surface area contributed by atoms with Gasteiger partial charge < -0.3 is 15.2 Å². The number of pyridine rings is 2. The normalized spacial score (nSPS) is 19.3. The summed E-state index contributed by atoms with van der Waals surface area (Å²) >= 11 is 0. The van der Waals surface area contributed by atoms with E-state index in [1.54, 1.807) is 12.3 Å². The number of piperazine rings is 1. The number of aromatic amines is 1. The number of aromatic nitrogens is 5. The lowest BCUT2D eigenvalue weighted by Gasteiger charge is -2.30. The third-order valence-corrected chi connectivity index (χ3v) is 5.82. The average Bonchev–Trinajstić information content (AvgIpc) is 3.54. The van der Waals surface area contributed by atoms with Crippen LogP contribution in [-0.4, -0.2) is 51.1 Å². The second kappa shape index (κ2) is 6.49. The first-order chi connectivity index (χ1) is 15.5. The van der Waals surface area contributed by atoms with Gasteiger partial charge in [-0.1, -0.05) is 0 Å². The van der Waals surface area contributed by atoms with Gasteiger partial charge >= 0.3 is 0 Å². The molecule has 7 heteroatoms. The van der Waals surface area contributed by atoms with Gasteiger partial charge in [0.1, 0.15) is 11.5 Å². The quantitative estimate of drug-likeness (QED) is 0.561. The summed E-state index contributed by atoms with van der Waals surface area (Å²) < 4.78 is 23.2. The Morgan fingerprint density at radius 2 is 2.07 bits per heavy atom. The van der Waals surface area contributed by atoms with Crippen molar-refractivity contribution in [1.29, 1.82) is 0 Å². The molecule has 0 amide bonds. The van der Waals surface area contributed by atoms with Crippen molar-refractivity contribution in [3.63, 3.8) is 0 Å². The molecule has 2 N–H and O–H groups in total. The second-order valence-electron chi connectivity index (χ2n) is 7.81. The van der Waals surface area contributed by atoms with Crippen molar-refractivity contribution in [2.24, 2.45) is 0 Å². The summed E-state index contributed by atoms with van der Waals surface area (Å²) in [4.78, 5) is 24.0. The number of hydrogen-bond donors (Lipinski definition) is 2. The van der Waals surface area contributed by atoms with E-state index >= 15 is 0 Å². The molecular weight excluding hydrogens is 362 g/mol. The molecule has 1 aliphatic carbocycles. The van der Waals surface area contributed by atoms with Crippen LogP contribution in [0.4, 0.5) is 5.82 Å². The van der Waals surface area contributed by atoms with Crippen molar-refractivity contribution in [1.82, 2.24) is 30.2 Å². The molecule has 4 aromatic rings. The van der Waals surface area contributed by atoms with Gasteiger partial charge in [-0.15, -0.1) is 0 Å². The molecular formula is C22H23N7. The van der Waals surface area contributed by atoms with Gasteiger partial charge in [-0.3, -0.25) is 4.98 Å². The molecule has 5 heterocycles. The lowest BCUT2D eigenvalue weighted by Crippen LogP contribution is -2.44. The number of aryl methyl sites for hydroxylation is 1. The Bertz CT molecular complexity index is 1320. The van der Waals surface area contributed by atoms with Gasteiger partial charge in [0.15, 0.2) is 5.82 Å². The van der Waals surface area contributed by atoms with Gasteiger partial charge in [0, 0.05) is 64.7 Å². The average molecular weight is 388 g/mol. The maximum atomic E-state index is 7.75. The van der Waals surface area contributed by atoms with Crippen molar-refractivity contribution >= 4 is 27.8 Å². The fourth-order valence-corrected chi connectivity index (χ4v) is 4.24. The van der Waals surface area contributed by atoms with Gasteiger partial charge in [-0.2, -0.15) is 0 Å². The van der Waals surface area contributed by atoms with E-state index in [0.29, 0.717) is 22.8 Å². The number of fused-ring (bicyclic) bond motifs is 2. The van der Waals surface area contributed by atoms with Gasteiger partial charge in [-0.05, 0) is 43.3 Å². The van der Waals surface area contributed by atoms with Gasteiger partial charge in [0.2, 0.25) is 0 Å². The molecule has 1 aliphatic heterocycles. The molecule has 146 valence electrons. The fraction of sp³-hybridized carbons (Fsp3) is 0.364. The first kappa shape index (κ1) is 14.0. The van der Waals surface area contributed by atoms with E-state index in [9.17, 15) is 0 Å². The summed E-state index contributed by atoms with van der Waals surface area (Å²) in [6.07, 6.45) is 7.79. The Labute approximate surface area is 172 Å². The highest BCUT2D eigenvalue weighted by atomic mass is 15.2. The smallest absolute Gasteiger partial charge is 0.163 e. The molecule has 29 heavy (non-hydrogen) atoms. The highest BCUT2D eigenvalue weighted by molar-refractivity contribution is 5.97. The highest BCUT2D eigenvalue weighted by Crippen LogP contribution is 2.45. The minimum atomic E-state index is -2.24. The molecule has 0 aromatic carbocycles. The van der Waals surface area contributed by atoms with Crippen LogP contribution in [0.25, 0.3) is 33.3 Å². The molecule has 0 radical (unpaired) electrons. The third kappa shape index (κ3) is 2.84. The molecule has 2 fully saturated rings. The maximum Gasteiger partial charge on any atom is 0.163 e. The minimum absolute atomic E-state index is 0.160. The van der Waals surface area contributed by atoms with E-state index in [2.05, 4.69) is 25.2 Å². The van der Waals surface area contributed by atoms with Crippen LogP contribution in [0.3, 0.4) is 0 Å². The van der Waals surface area contributed by atoms with Crippen LogP contribution in [0.5, 0.6) is 0 Å². The fourth-order valence-electron chi connectivity index (χ4n) is 4.24. The molecule has 4 aromatic heterocycles. The van der Waals surface area contributed by atoms with Crippen molar-refractivity contribution in [3.8, 4) is 11.4 Å².